The van der Waals surface area contributed by atoms with Crippen LogP contribution in [0.3, 0.4) is 0 Å². The third-order valence-electron chi connectivity index (χ3n) is 3.83. The second kappa shape index (κ2) is 6.24. The van der Waals surface area contributed by atoms with Gasteiger partial charge < -0.3 is 9.30 Å². The van der Waals surface area contributed by atoms with Crippen LogP contribution >= 0.6 is 11.8 Å². The zero-order chi connectivity index (χ0) is 13.1. The highest BCUT2D eigenvalue weighted by atomic mass is 32.2. The summed E-state index contributed by atoms with van der Waals surface area (Å²) in [6.45, 7) is 4.87. The maximum absolute atomic E-state index is 5.36. The van der Waals surface area contributed by atoms with Crippen LogP contribution < -0.4 is 0 Å². The first-order chi connectivity index (χ1) is 9.33. The minimum atomic E-state index is 0.862. The summed E-state index contributed by atoms with van der Waals surface area (Å²) in [6, 6.07) is 0. The lowest BCUT2D eigenvalue weighted by molar-refractivity contribution is 0.0381. The molecule has 6 heteroatoms. The number of morpholine rings is 1. The number of nitrogens with zero attached hydrogens (tertiary/aromatic N) is 4. The van der Waals surface area contributed by atoms with Gasteiger partial charge in [-0.15, -0.1) is 10.2 Å². The van der Waals surface area contributed by atoms with Crippen LogP contribution in [0.2, 0.25) is 0 Å². The summed E-state index contributed by atoms with van der Waals surface area (Å²) < 4.78 is 7.52. The number of hydrogen-bond donors (Lipinski definition) is 0. The molecule has 1 saturated heterocycles. The lowest BCUT2D eigenvalue weighted by Crippen LogP contribution is -2.37. The van der Waals surface area contributed by atoms with E-state index >= 15 is 0 Å². The molecule has 106 valence electrons. The molecule has 0 bridgehead atoms. The third-order valence-corrected chi connectivity index (χ3v) is 5.08. The van der Waals surface area contributed by atoms with Gasteiger partial charge >= 0.3 is 0 Å². The van der Waals surface area contributed by atoms with Crippen molar-refractivity contribution in [1.29, 1.82) is 0 Å². The van der Waals surface area contributed by atoms with Crippen molar-refractivity contribution in [3.63, 3.8) is 0 Å². The van der Waals surface area contributed by atoms with Crippen LogP contribution in [0.4, 0.5) is 0 Å². The van der Waals surface area contributed by atoms with Gasteiger partial charge in [0.25, 0.3) is 0 Å². The van der Waals surface area contributed by atoms with Crippen molar-refractivity contribution in [2.75, 3.05) is 38.6 Å². The average Bonchev–Trinajstić information content (AvgIpc) is 3.21. The molecule has 0 amide bonds. The first-order valence-electron chi connectivity index (χ1n) is 7.14. The fourth-order valence-electron chi connectivity index (χ4n) is 2.25. The van der Waals surface area contributed by atoms with E-state index < -0.39 is 0 Å². The normalized spacial score (nSPS) is 20.9. The molecule has 0 N–H and O–H groups in total. The summed E-state index contributed by atoms with van der Waals surface area (Å²) in [5, 5.41) is 9.72. The van der Waals surface area contributed by atoms with E-state index in [0.717, 1.165) is 56.2 Å². The predicted octanol–water partition coefficient (Wildman–Crippen LogP) is 1.19. The lowest BCUT2D eigenvalue weighted by Gasteiger charge is -2.26. The van der Waals surface area contributed by atoms with Crippen molar-refractivity contribution in [3.8, 4) is 0 Å². The van der Waals surface area contributed by atoms with Gasteiger partial charge in [0.2, 0.25) is 0 Å². The lowest BCUT2D eigenvalue weighted by atomic mass is 10.3. The molecular weight excluding hydrogens is 260 g/mol. The Morgan fingerprint density at radius 1 is 1.26 bits per heavy atom. The molecule has 1 aliphatic carbocycles. The molecule has 1 aromatic heterocycles. The van der Waals surface area contributed by atoms with E-state index in [2.05, 4.69) is 26.7 Å². The number of aromatic nitrogens is 3. The molecule has 2 fully saturated rings. The van der Waals surface area contributed by atoms with Gasteiger partial charge in [0.15, 0.2) is 5.16 Å². The Morgan fingerprint density at radius 2 is 2.05 bits per heavy atom. The van der Waals surface area contributed by atoms with E-state index in [-0.39, 0.29) is 0 Å². The van der Waals surface area contributed by atoms with Crippen molar-refractivity contribution in [2.45, 2.75) is 24.4 Å². The van der Waals surface area contributed by atoms with E-state index in [0.29, 0.717) is 0 Å². The summed E-state index contributed by atoms with van der Waals surface area (Å²) in [5.41, 5.74) is 0. The molecule has 1 aliphatic heterocycles. The van der Waals surface area contributed by atoms with Crippen molar-refractivity contribution >= 4 is 11.8 Å². The fourth-order valence-corrected chi connectivity index (χ4v) is 3.36. The molecule has 0 spiro atoms. The van der Waals surface area contributed by atoms with Gasteiger partial charge in [0.1, 0.15) is 5.82 Å². The van der Waals surface area contributed by atoms with E-state index in [1.54, 1.807) is 0 Å². The average molecular weight is 282 g/mol. The van der Waals surface area contributed by atoms with Crippen molar-refractivity contribution in [3.05, 3.63) is 5.82 Å². The maximum Gasteiger partial charge on any atom is 0.190 e. The van der Waals surface area contributed by atoms with Crippen molar-refractivity contribution in [1.82, 2.24) is 19.7 Å². The van der Waals surface area contributed by atoms with Gasteiger partial charge in [0, 0.05) is 38.9 Å². The molecule has 2 heterocycles. The van der Waals surface area contributed by atoms with Crippen molar-refractivity contribution in [2.24, 2.45) is 13.0 Å². The molecule has 3 rings (SSSR count). The highest BCUT2D eigenvalue weighted by Crippen LogP contribution is 2.34. The SMILES string of the molecule is Cn1c(CCN2CCOCC2)nnc1SCC1CC1. The van der Waals surface area contributed by atoms with Gasteiger partial charge in [-0.05, 0) is 18.8 Å². The van der Waals surface area contributed by atoms with Crippen LogP contribution in [0.1, 0.15) is 18.7 Å². The standard InChI is InChI=1S/C13H22N4OS/c1-16-12(4-5-17-6-8-18-9-7-17)14-15-13(16)19-10-11-2-3-11/h11H,2-10H2,1H3. The Morgan fingerprint density at radius 3 is 2.79 bits per heavy atom. The zero-order valence-electron chi connectivity index (χ0n) is 11.5. The summed E-state index contributed by atoms with van der Waals surface area (Å²) >= 11 is 1.86. The summed E-state index contributed by atoms with van der Waals surface area (Å²) in [4.78, 5) is 2.44. The number of hydrogen-bond acceptors (Lipinski definition) is 5. The molecule has 19 heavy (non-hydrogen) atoms. The summed E-state index contributed by atoms with van der Waals surface area (Å²) in [5.74, 6) is 3.23. The van der Waals surface area contributed by atoms with Gasteiger partial charge in [-0.3, -0.25) is 4.90 Å². The quantitative estimate of drug-likeness (QED) is 0.733. The molecule has 0 unspecified atom stereocenters. The Bertz CT molecular complexity index is 413. The van der Waals surface area contributed by atoms with Crippen LogP contribution in [-0.2, 0) is 18.2 Å². The first kappa shape index (κ1) is 13.4. The monoisotopic (exact) mass is 282 g/mol. The summed E-state index contributed by atoms with van der Waals surface area (Å²) in [7, 11) is 2.09. The summed E-state index contributed by atoms with van der Waals surface area (Å²) in [6.07, 6.45) is 3.77. The van der Waals surface area contributed by atoms with Crippen molar-refractivity contribution < 1.29 is 4.74 Å². The van der Waals surface area contributed by atoms with E-state index in [1.165, 1.54) is 18.6 Å². The molecule has 0 atom stereocenters. The zero-order valence-corrected chi connectivity index (χ0v) is 12.4. The van der Waals surface area contributed by atoms with Gasteiger partial charge in [-0.1, -0.05) is 11.8 Å². The molecule has 1 saturated carbocycles. The van der Waals surface area contributed by atoms with Crippen LogP contribution in [0.15, 0.2) is 5.16 Å². The molecular formula is C13H22N4OS. The Balaban J connectivity index is 1.49. The van der Waals surface area contributed by atoms with Gasteiger partial charge in [-0.25, -0.2) is 0 Å². The number of rotatable bonds is 6. The minimum absolute atomic E-state index is 0.862. The van der Waals surface area contributed by atoms with Gasteiger partial charge in [0.05, 0.1) is 13.2 Å². The van der Waals surface area contributed by atoms with Crippen LogP contribution in [-0.4, -0.2) is 58.3 Å². The number of thioether (sulfide) groups is 1. The second-order valence-electron chi connectivity index (χ2n) is 5.42. The predicted molar refractivity (Wildman–Crippen MR) is 75.4 cm³/mol. The largest absolute Gasteiger partial charge is 0.379 e. The molecule has 5 nitrogen and oxygen atoms in total. The molecule has 0 aromatic carbocycles. The van der Waals surface area contributed by atoms with Crippen LogP contribution in [0.5, 0.6) is 0 Å². The Labute approximate surface area is 118 Å². The fraction of sp³-hybridized carbons (Fsp3) is 0.846. The Kier molecular flexibility index (Phi) is 4.40. The van der Waals surface area contributed by atoms with Gasteiger partial charge in [-0.2, -0.15) is 0 Å². The first-order valence-corrected chi connectivity index (χ1v) is 8.12. The third kappa shape index (κ3) is 3.70. The van der Waals surface area contributed by atoms with E-state index in [9.17, 15) is 0 Å². The Hall–Kier alpha value is -0.590. The molecule has 0 radical (unpaired) electrons. The molecule has 2 aliphatic rings. The second-order valence-corrected chi connectivity index (χ2v) is 6.40. The number of ether oxygens (including phenoxy) is 1. The molecule has 1 aromatic rings. The highest BCUT2D eigenvalue weighted by molar-refractivity contribution is 7.99. The smallest absolute Gasteiger partial charge is 0.190 e. The minimum Gasteiger partial charge on any atom is -0.379 e. The van der Waals surface area contributed by atoms with E-state index in [4.69, 9.17) is 4.74 Å². The maximum atomic E-state index is 5.36. The van der Waals surface area contributed by atoms with Crippen LogP contribution in [0, 0.1) is 5.92 Å². The highest BCUT2D eigenvalue weighted by Gasteiger charge is 2.22. The topological polar surface area (TPSA) is 43.2 Å². The van der Waals surface area contributed by atoms with E-state index in [1.807, 2.05) is 11.8 Å². The van der Waals surface area contributed by atoms with Crippen LogP contribution in [0.25, 0.3) is 0 Å².